The molecule has 0 saturated carbocycles. The first-order chi connectivity index (χ1) is 14.5. The Morgan fingerprint density at radius 1 is 1.19 bits per heavy atom. The molecule has 2 aliphatic heterocycles. The zero-order chi connectivity index (χ0) is 22.8. The van der Waals surface area contributed by atoms with Crippen molar-refractivity contribution < 1.29 is 32.6 Å². The molecule has 0 unspecified atom stereocenters. The molecule has 2 fully saturated rings. The Hall–Kier alpha value is -2.59. The second-order valence-electron chi connectivity index (χ2n) is 8.18. The molecule has 1 aromatic heterocycles. The third-order valence-electron chi connectivity index (χ3n) is 5.84. The first kappa shape index (κ1) is 23.1. The third-order valence-corrected chi connectivity index (χ3v) is 5.84. The highest BCUT2D eigenvalue weighted by Gasteiger charge is 2.49. The molecule has 0 atom stereocenters. The summed E-state index contributed by atoms with van der Waals surface area (Å²) in [6.45, 7) is 5.79. The van der Waals surface area contributed by atoms with Gasteiger partial charge >= 0.3 is 12.1 Å². The van der Waals surface area contributed by atoms with E-state index in [0.717, 1.165) is 55.8 Å². The SMILES string of the molecule is COCCN1CCC2(C1)CN(C(=O)c1ccc3c(ccn3C)c1)C2.O=C(O)C(F)(F)F. The third kappa shape index (κ3) is 5.19. The van der Waals surface area contributed by atoms with E-state index < -0.39 is 12.1 Å². The fourth-order valence-electron chi connectivity index (χ4n) is 4.20. The molecule has 170 valence electrons. The number of carbonyl (C=O) groups is 2. The Kier molecular flexibility index (Phi) is 6.61. The van der Waals surface area contributed by atoms with Crippen LogP contribution in [0.1, 0.15) is 16.8 Å². The topological polar surface area (TPSA) is 75.0 Å². The van der Waals surface area contributed by atoms with Crippen molar-refractivity contribution in [3.8, 4) is 0 Å². The molecule has 0 radical (unpaired) electrons. The molecular formula is C21H26F3N3O4. The van der Waals surface area contributed by atoms with Gasteiger partial charge < -0.3 is 24.2 Å². The van der Waals surface area contributed by atoms with Crippen molar-refractivity contribution in [3.05, 3.63) is 36.0 Å². The maximum absolute atomic E-state index is 12.8. The molecule has 0 bridgehead atoms. The number of alkyl halides is 3. The van der Waals surface area contributed by atoms with Crippen LogP contribution in [0.5, 0.6) is 0 Å². The van der Waals surface area contributed by atoms with Gasteiger partial charge in [-0.15, -0.1) is 0 Å². The van der Waals surface area contributed by atoms with E-state index in [1.165, 1.54) is 6.42 Å². The number of methoxy groups -OCH3 is 1. The monoisotopic (exact) mass is 441 g/mol. The minimum absolute atomic E-state index is 0.168. The van der Waals surface area contributed by atoms with E-state index in [-0.39, 0.29) is 5.91 Å². The lowest BCUT2D eigenvalue weighted by Crippen LogP contribution is -2.59. The number of halogens is 3. The second kappa shape index (κ2) is 8.88. The standard InChI is InChI=1S/C19H25N3O2.C2HF3O2/c1-20-7-5-15-11-16(3-4-17(15)20)18(23)22-13-19(14-22)6-8-21(12-19)9-10-24-2;3-2(4,5)1(6)7/h3-5,7,11H,6,8-10,12-14H2,1-2H3;(H,6,7). The molecule has 1 amide bonds. The van der Waals surface area contributed by atoms with Gasteiger partial charge in [-0.05, 0) is 37.2 Å². The molecule has 10 heteroatoms. The molecule has 2 aromatic rings. The van der Waals surface area contributed by atoms with E-state index in [2.05, 4.69) is 15.5 Å². The number of carboxylic acid groups (broad SMARTS) is 1. The van der Waals surface area contributed by atoms with Gasteiger partial charge in [-0.3, -0.25) is 4.79 Å². The number of carbonyl (C=O) groups excluding carboxylic acids is 1. The normalized spacial score (nSPS) is 18.0. The molecule has 0 aliphatic carbocycles. The number of hydrogen-bond donors (Lipinski definition) is 1. The van der Waals surface area contributed by atoms with Crippen LogP contribution in [0.4, 0.5) is 13.2 Å². The minimum Gasteiger partial charge on any atom is -0.475 e. The van der Waals surface area contributed by atoms with E-state index >= 15 is 0 Å². The number of hydrogen-bond acceptors (Lipinski definition) is 4. The average Bonchev–Trinajstić information content (AvgIpc) is 3.28. The van der Waals surface area contributed by atoms with Gasteiger partial charge in [-0.2, -0.15) is 13.2 Å². The lowest BCUT2D eigenvalue weighted by molar-refractivity contribution is -0.192. The Labute approximate surface area is 178 Å². The van der Waals surface area contributed by atoms with Crippen molar-refractivity contribution in [1.82, 2.24) is 14.4 Å². The van der Waals surface area contributed by atoms with Crippen LogP contribution < -0.4 is 0 Å². The Bertz CT molecular complexity index is 951. The Morgan fingerprint density at radius 2 is 1.87 bits per heavy atom. The average molecular weight is 441 g/mol. The van der Waals surface area contributed by atoms with Crippen molar-refractivity contribution in [2.45, 2.75) is 12.6 Å². The highest BCUT2D eigenvalue weighted by molar-refractivity contribution is 5.98. The number of rotatable bonds is 4. The van der Waals surface area contributed by atoms with Crippen LogP contribution in [0.3, 0.4) is 0 Å². The Morgan fingerprint density at radius 3 is 2.48 bits per heavy atom. The number of nitrogens with zero attached hydrogens (tertiary/aromatic N) is 3. The summed E-state index contributed by atoms with van der Waals surface area (Å²) in [6, 6.07) is 8.08. The summed E-state index contributed by atoms with van der Waals surface area (Å²) in [4.78, 5) is 26.1. The summed E-state index contributed by atoms with van der Waals surface area (Å²) in [5, 5.41) is 8.25. The highest BCUT2D eigenvalue weighted by Crippen LogP contribution is 2.40. The highest BCUT2D eigenvalue weighted by atomic mass is 19.4. The first-order valence-corrected chi connectivity index (χ1v) is 9.90. The van der Waals surface area contributed by atoms with Gasteiger partial charge in [0.2, 0.25) is 0 Å². The van der Waals surface area contributed by atoms with Crippen LogP contribution in [0.15, 0.2) is 30.5 Å². The van der Waals surface area contributed by atoms with Gasteiger partial charge in [0.05, 0.1) is 6.61 Å². The molecule has 1 spiro atoms. The summed E-state index contributed by atoms with van der Waals surface area (Å²) < 4.78 is 39.0. The summed E-state index contributed by atoms with van der Waals surface area (Å²) in [5.74, 6) is -2.59. The van der Waals surface area contributed by atoms with Crippen LogP contribution in [-0.2, 0) is 16.6 Å². The van der Waals surface area contributed by atoms with Gasteiger partial charge in [-0.25, -0.2) is 4.79 Å². The minimum atomic E-state index is -5.08. The molecule has 1 N–H and O–H groups in total. The van der Waals surface area contributed by atoms with E-state index in [4.69, 9.17) is 14.6 Å². The predicted octanol–water partition coefficient (Wildman–Crippen LogP) is 2.61. The number of benzene rings is 1. The summed E-state index contributed by atoms with van der Waals surface area (Å²) >= 11 is 0. The Balaban J connectivity index is 0.000000339. The van der Waals surface area contributed by atoms with Crippen molar-refractivity contribution in [2.24, 2.45) is 12.5 Å². The number of fused-ring (bicyclic) bond motifs is 1. The van der Waals surface area contributed by atoms with Gasteiger partial charge in [0.1, 0.15) is 0 Å². The first-order valence-electron chi connectivity index (χ1n) is 9.90. The van der Waals surface area contributed by atoms with E-state index in [9.17, 15) is 18.0 Å². The molecule has 2 aliphatic rings. The lowest BCUT2D eigenvalue weighted by Gasteiger charge is -2.48. The predicted molar refractivity (Wildman–Crippen MR) is 108 cm³/mol. The molecule has 31 heavy (non-hydrogen) atoms. The summed E-state index contributed by atoms with van der Waals surface area (Å²) in [7, 11) is 3.78. The van der Waals surface area contributed by atoms with Crippen molar-refractivity contribution in [2.75, 3.05) is 46.4 Å². The van der Waals surface area contributed by atoms with Gasteiger partial charge in [0.15, 0.2) is 0 Å². The van der Waals surface area contributed by atoms with Crippen molar-refractivity contribution >= 4 is 22.8 Å². The molecular weight excluding hydrogens is 415 g/mol. The number of aryl methyl sites for hydroxylation is 1. The van der Waals surface area contributed by atoms with E-state index in [0.29, 0.717) is 5.41 Å². The maximum atomic E-state index is 12.8. The second-order valence-corrected chi connectivity index (χ2v) is 8.18. The smallest absolute Gasteiger partial charge is 0.475 e. The molecule has 1 aromatic carbocycles. The zero-order valence-electron chi connectivity index (χ0n) is 17.5. The molecule has 2 saturated heterocycles. The van der Waals surface area contributed by atoms with Crippen LogP contribution in [0.25, 0.3) is 10.9 Å². The van der Waals surface area contributed by atoms with Gasteiger partial charge in [0, 0.05) is 68.4 Å². The molecule has 7 nitrogen and oxygen atoms in total. The zero-order valence-corrected chi connectivity index (χ0v) is 17.5. The molecule has 4 rings (SSSR count). The number of likely N-dealkylation sites (tertiary alicyclic amines) is 2. The van der Waals surface area contributed by atoms with Gasteiger partial charge in [-0.1, -0.05) is 0 Å². The number of aliphatic carboxylic acids is 1. The van der Waals surface area contributed by atoms with Crippen LogP contribution in [0.2, 0.25) is 0 Å². The largest absolute Gasteiger partial charge is 0.490 e. The fraction of sp³-hybridized carbons (Fsp3) is 0.524. The summed E-state index contributed by atoms with van der Waals surface area (Å²) in [5.41, 5.74) is 2.29. The molecule has 3 heterocycles. The van der Waals surface area contributed by atoms with E-state index in [1.807, 2.05) is 36.3 Å². The van der Waals surface area contributed by atoms with Crippen LogP contribution in [0, 0.1) is 5.41 Å². The van der Waals surface area contributed by atoms with E-state index in [1.54, 1.807) is 7.11 Å². The van der Waals surface area contributed by atoms with Crippen molar-refractivity contribution in [3.63, 3.8) is 0 Å². The maximum Gasteiger partial charge on any atom is 0.490 e. The quantitative estimate of drug-likeness (QED) is 0.790. The number of amides is 1. The summed E-state index contributed by atoms with van der Waals surface area (Å²) in [6.07, 6.45) is -1.86. The van der Waals surface area contributed by atoms with Crippen LogP contribution >= 0.6 is 0 Å². The van der Waals surface area contributed by atoms with Gasteiger partial charge in [0.25, 0.3) is 5.91 Å². The van der Waals surface area contributed by atoms with Crippen LogP contribution in [-0.4, -0.2) is 84.0 Å². The van der Waals surface area contributed by atoms with Crippen molar-refractivity contribution in [1.29, 1.82) is 0 Å². The number of aromatic nitrogens is 1. The number of ether oxygens (including phenoxy) is 1. The fourth-order valence-corrected chi connectivity index (χ4v) is 4.20. The lowest BCUT2D eigenvalue weighted by atomic mass is 9.78. The number of carboxylic acids is 1.